The van der Waals surface area contributed by atoms with Gasteiger partial charge >= 0.3 is 0 Å². The molecule has 1 aliphatic heterocycles. The summed E-state index contributed by atoms with van der Waals surface area (Å²) in [5.41, 5.74) is 2.50. The molecule has 2 aromatic carbocycles. The van der Waals surface area contributed by atoms with Crippen molar-refractivity contribution in [3.63, 3.8) is 0 Å². The van der Waals surface area contributed by atoms with Crippen LogP contribution in [0.2, 0.25) is 0 Å². The number of hydrogen-bond acceptors (Lipinski definition) is 6. The lowest BCUT2D eigenvalue weighted by atomic mass is 10.2. The second kappa shape index (κ2) is 11.9. The topological polar surface area (TPSA) is 59.0 Å². The Kier molecular flexibility index (Phi) is 8.18. The quantitative estimate of drug-likeness (QED) is 0.483. The first-order valence-corrected chi connectivity index (χ1v) is 11.0. The summed E-state index contributed by atoms with van der Waals surface area (Å²) >= 11 is 0. The van der Waals surface area contributed by atoms with Gasteiger partial charge in [0.05, 0.1) is 26.4 Å². The second-order valence-corrected chi connectivity index (χ2v) is 7.39. The van der Waals surface area contributed by atoms with Crippen LogP contribution in [0.25, 0.3) is 0 Å². The molecule has 1 atom stereocenters. The largest absolute Gasteiger partial charge is 0.494 e. The van der Waals surface area contributed by atoms with E-state index in [0.717, 1.165) is 16.9 Å². The SMILES string of the molecule is CCOc1ccc(C#Cc2cc(OCc3ccccc3)cc(OCC3COCCO3)n2)cc1. The molecule has 33 heavy (non-hydrogen) atoms. The van der Waals surface area contributed by atoms with Crippen LogP contribution < -0.4 is 14.2 Å². The van der Waals surface area contributed by atoms with Gasteiger partial charge in [-0.05, 0) is 42.7 Å². The summed E-state index contributed by atoms with van der Waals surface area (Å²) in [6.07, 6.45) is -0.118. The van der Waals surface area contributed by atoms with Crippen molar-refractivity contribution in [3.8, 4) is 29.2 Å². The van der Waals surface area contributed by atoms with Crippen molar-refractivity contribution in [3.05, 3.63) is 83.6 Å². The lowest BCUT2D eigenvalue weighted by Gasteiger charge is -2.22. The molecule has 6 heteroatoms. The van der Waals surface area contributed by atoms with Crippen molar-refractivity contribution in [2.24, 2.45) is 0 Å². The molecule has 170 valence electrons. The first-order valence-electron chi connectivity index (χ1n) is 11.0. The fourth-order valence-corrected chi connectivity index (χ4v) is 3.19. The first-order chi connectivity index (χ1) is 16.3. The molecule has 6 nitrogen and oxygen atoms in total. The minimum atomic E-state index is -0.118. The zero-order chi connectivity index (χ0) is 22.7. The normalized spacial score (nSPS) is 15.2. The standard InChI is InChI=1S/C27H27NO5/c1-2-30-24-12-9-21(10-13-24)8-11-23-16-25(32-18-22-6-4-3-5-7-22)17-27(28-23)33-20-26-19-29-14-15-31-26/h3-7,9-10,12-13,16-17,26H,2,14-15,18-20H2,1H3. The van der Waals surface area contributed by atoms with E-state index in [1.807, 2.05) is 67.6 Å². The van der Waals surface area contributed by atoms with Crippen molar-refractivity contribution >= 4 is 0 Å². The van der Waals surface area contributed by atoms with Gasteiger partial charge in [0.25, 0.3) is 0 Å². The van der Waals surface area contributed by atoms with Gasteiger partial charge in [-0.1, -0.05) is 36.3 Å². The molecule has 0 bridgehead atoms. The van der Waals surface area contributed by atoms with E-state index >= 15 is 0 Å². The molecule has 0 aliphatic carbocycles. The van der Waals surface area contributed by atoms with Crippen molar-refractivity contribution in [1.82, 2.24) is 4.98 Å². The molecule has 3 aromatic rings. The Morgan fingerprint density at radius 1 is 0.909 bits per heavy atom. The maximum atomic E-state index is 6.00. The van der Waals surface area contributed by atoms with Crippen molar-refractivity contribution in [2.75, 3.05) is 33.0 Å². The molecule has 2 heterocycles. The maximum Gasteiger partial charge on any atom is 0.218 e. The predicted molar refractivity (Wildman–Crippen MR) is 125 cm³/mol. The summed E-state index contributed by atoms with van der Waals surface area (Å²) < 4.78 is 28.5. The Hall–Kier alpha value is -3.53. The number of aromatic nitrogens is 1. The first kappa shape index (κ1) is 22.7. The van der Waals surface area contributed by atoms with Gasteiger partial charge in [0.2, 0.25) is 5.88 Å². The minimum Gasteiger partial charge on any atom is -0.494 e. The molecule has 4 rings (SSSR count). The molecule has 1 unspecified atom stereocenters. The van der Waals surface area contributed by atoms with Gasteiger partial charge in [0.1, 0.15) is 36.5 Å². The lowest BCUT2D eigenvalue weighted by Crippen LogP contribution is -2.33. The van der Waals surface area contributed by atoms with E-state index in [9.17, 15) is 0 Å². The Balaban J connectivity index is 1.50. The number of benzene rings is 2. The zero-order valence-electron chi connectivity index (χ0n) is 18.7. The van der Waals surface area contributed by atoms with Crippen LogP contribution >= 0.6 is 0 Å². The molecule has 1 aliphatic rings. The highest BCUT2D eigenvalue weighted by Crippen LogP contribution is 2.21. The fourth-order valence-electron chi connectivity index (χ4n) is 3.19. The third kappa shape index (κ3) is 7.25. The second-order valence-electron chi connectivity index (χ2n) is 7.39. The number of hydrogen-bond donors (Lipinski definition) is 0. The molecule has 1 fully saturated rings. The predicted octanol–water partition coefficient (Wildman–Crippen LogP) is 4.25. The summed E-state index contributed by atoms with van der Waals surface area (Å²) in [6.45, 7) is 5.07. The zero-order valence-corrected chi connectivity index (χ0v) is 18.7. The highest BCUT2D eigenvalue weighted by atomic mass is 16.6. The monoisotopic (exact) mass is 445 g/mol. The Morgan fingerprint density at radius 3 is 2.52 bits per heavy atom. The third-order valence-corrected chi connectivity index (χ3v) is 4.83. The van der Waals surface area contributed by atoms with Crippen molar-refractivity contribution in [1.29, 1.82) is 0 Å². The van der Waals surface area contributed by atoms with Gasteiger partial charge in [-0.2, -0.15) is 0 Å². The highest BCUT2D eigenvalue weighted by Gasteiger charge is 2.16. The summed E-state index contributed by atoms with van der Waals surface area (Å²) in [4.78, 5) is 4.54. The molecule has 0 N–H and O–H groups in total. The van der Waals surface area contributed by atoms with Crippen LogP contribution in [0, 0.1) is 11.8 Å². The van der Waals surface area contributed by atoms with E-state index in [1.54, 1.807) is 6.07 Å². The lowest BCUT2D eigenvalue weighted by molar-refractivity contribution is -0.102. The van der Waals surface area contributed by atoms with Gasteiger partial charge in [0.15, 0.2) is 0 Å². The summed E-state index contributed by atoms with van der Waals surface area (Å²) in [6, 6.07) is 21.2. The van der Waals surface area contributed by atoms with Gasteiger partial charge in [0, 0.05) is 17.7 Å². The van der Waals surface area contributed by atoms with Crippen LogP contribution in [-0.4, -0.2) is 44.1 Å². The van der Waals surface area contributed by atoms with Crippen LogP contribution in [-0.2, 0) is 16.1 Å². The molecule has 0 spiro atoms. The van der Waals surface area contributed by atoms with Gasteiger partial charge in [-0.25, -0.2) is 4.98 Å². The Morgan fingerprint density at radius 2 is 1.76 bits per heavy atom. The van der Waals surface area contributed by atoms with Crippen LogP contribution in [0.15, 0.2) is 66.7 Å². The van der Waals surface area contributed by atoms with Gasteiger partial charge in [-0.3, -0.25) is 0 Å². The smallest absolute Gasteiger partial charge is 0.218 e. The van der Waals surface area contributed by atoms with Crippen LogP contribution in [0.3, 0.4) is 0 Å². The highest BCUT2D eigenvalue weighted by molar-refractivity contribution is 5.45. The van der Waals surface area contributed by atoms with Gasteiger partial charge in [-0.15, -0.1) is 0 Å². The van der Waals surface area contributed by atoms with E-state index < -0.39 is 0 Å². The molecular formula is C27H27NO5. The molecule has 0 saturated carbocycles. The van der Waals surface area contributed by atoms with E-state index in [2.05, 4.69) is 16.8 Å². The Bertz CT molecular complexity index is 1070. The van der Waals surface area contributed by atoms with E-state index in [1.165, 1.54) is 0 Å². The molecule has 0 radical (unpaired) electrons. The number of ether oxygens (including phenoxy) is 5. The molecular weight excluding hydrogens is 418 g/mol. The number of nitrogens with zero attached hydrogens (tertiary/aromatic N) is 1. The number of rotatable bonds is 8. The van der Waals surface area contributed by atoms with Gasteiger partial charge < -0.3 is 23.7 Å². The van der Waals surface area contributed by atoms with Crippen LogP contribution in [0.5, 0.6) is 17.4 Å². The molecule has 1 aromatic heterocycles. The molecule has 1 saturated heterocycles. The van der Waals surface area contributed by atoms with E-state index in [4.69, 9.17) is 23.7 Å². The Labute approximate surface area is 194 Å². The number of pyridine rings is 1. The van der Waals surface area contributed by atoms with E-state index in [-0.39, 0.29) is 6.10 Å². The molecule has 0 amide bonds. The van der Waals surface area contributed by atoms with E-state index in [0.29, 0.717) is 57.0 Å². The summed E-state index contributed by atoms with van der Waals surface area (Å²) in [5, 5.41) is 0. The third-order valence-electron chi connectivity index (χ3n) is 4.83. The van der Waals surface area contributed by atoms with Crippen molar-refractivity contribution in [2.45, 2.75) is 19.6 Å². The summed E-state index contributed by atoms with van der Waals surface area (Å²) in [5.74, 6) is 8.15. The van der Waals surface area contributed by atoms with Crippen molar-refractivity contribution < 1.29 is 23.7 Å². The van der Waals surface area contributed by atoms with Crippen LogP contribution in [0.1, 0.15) is 23.7 Å². The maximum absolute atomic E-state index is 6.00. The minimum absolute atomic E-state index is 0.118. The summed E-state index contributed by atoms with van der Waals surface area (Å²) in [7, 11) is 0. The van der Waals surface area contributed by atoms with Crippen LogP contribution in [0.4, 0.5) is 0 Å². The fraction of sp³-hybridized carbons (Fsp3) is 0.296. The average Bonchev–Trinajstić information content (AvgIpc) is 2.87. The average molecular weight is 446 g/mol.